The number of benzene rings is 13. The van der Waals surface area contributed by atoms with Gasteiger partial charge in [-0.2, -0.15) is 0 Å². The van der Waals surface area contributed by atoms with E-state index in [4.69, 9.17) is 4.42 Å². The van der Waals surface area contributed by atoms with Gasteiger partial charge in [0.25, 0.3) is 0 Å². The molecule has 2 aromatic heterocycles. The van der Waals surface area contributed by atoms with E-state index in [-0.39, 0.29) is 0 Å². The molecule has 0 saturated carbocycles. The highest BCUT2D eigenvalue weighted by Crippen LogP contribution is 2.46. The van der Waals surface area contributed by atoms with Gasteiger partial charge in [0.2, 0.25) is 0 Å². The summed E-state index contributed by atoms with van der Waals surface area (Å²) < 4.78 is 9.28. The molecule has 2 heterocycles. The molecular formula is C60H32OS. The largest absolute Gasteiger partial charge is 0.455 e. The molecule has 62 heavy (non-hydrogen) atoms. The molecular weight excluding hydrogens is 769 g/mol. The van der Waals surface area contributed by atoms with E-state index >= 15 is 0 Å². The lowest BCUT2D eigenvalue weighted by Crippen LogP contribution is -1.89. The summed E-state index contributed by atoms with van der Waals surface area (Å²) in [6.07, 6.45) is 0. The minimum Gasteiger partial charge on any atom is -0.455 e. The van der Waals surface area contributed by atoms with Crippen LogP contribution in [0.4, 0.5) is 0 Å². The minimum atomic E-state index is 0.928. The Morgan fingerprint density at radius 3 is 1.58 bits per heavy atom. The predicted molar refractivity (Wildman–Crippen MR) is 269 cm³/mol. The first-order valence-corrected chi connectivity index (χ1v) is 22.2. The summed E-state index contributed by atoms with van der Waals surface area (Å²) in [4.78, 5) is 0. The molecule has 0 atom stereocenters. The maximum Gasteiger partial charge on any atom is 0.143 e. The molecule has 0 radical (unpaired) electrons. The van der Waals surface area contributed by atoms with Crippen LogP contribution in [0.3, 0.4) is 0 Å². The van der Waals surface area contributed by atoms with Gasteiger partial charge in [0.15, 0.2) is 0 Å². The summed E-state index contributed by atoms with van der Waals surface area (Å²) in [6, 6.07) is 72.6. The summed E-state index contributed by atoms with van der Waals surface area (Å²) in [6.45, 7) is 0. The summed E-state index contributed by atoms with van der Waals surface area (Å²) in [7, 11) is 0. The van der Waals surface area contributed by atoms with E-state index in [2.05, 4.69) is 194 Å². The topological polar surface area (TPSA) is 13.1 Å². The average molecular weight is 801 g/mol. The Labute approximate surface area is 358 Å². The highest BCUT2D eigenvalue weighted by Gasteiger charge is 2.18. The van der Waals surface area contributed by atoms with Crippen molar-refractivity contribution in [2.45, 2.75) is 0 Å². The molecule has 0 spiro atoms. The summed E-state index contributed by atoms with van der Waals surface area (Å²) in [5, 5.41) is 25.4. The zero-order valence-electron chi connectivity index (χ0n) is 33.3. The third-order valence-electron chi connectivity index (χ3n) is 14.0. The summed E-state index contributed by atoms with van der Waals surface area (Å²) >= 11 is 1.88. The lowest BCUT2D eigenvalue weighted by atomic mass is 9.87. The number of fused-ring (bicyclic) bond motifs is 16. The molecule has 0 N–H and O–H groups in total. The molecule has 0 unspecified atom stereocenters. The number of hydrogen-bond donors (Lipinski definition) is 0. The molecule has 15 rings (SSSR count). The fourth-order valence-corrected chi connectivity index (χ4v) is 12.2. The van der Waals surface area contributed by atoms with Gasteiger partial charge < -0.3 is 4.42 Å². The molecule has 15 aromatic rings. The zero-order chi connectivity index (χ0) is 40.2. The fraction of sp³-hybridized carbons (Fsp3) is 0. The maximum absolute atomic E-state index is 6.66. The smallest absolute Gasteiger partial charge is 0.143 e. The predicted octanol–water partition coefficient (Wildman–Crippen LogP) is 18.0. The Kier molecular flexibility index (Phi) is 6.36. The van der Waals surface area contributed by atoms with Crippen molar-refractivity contribution in [3.63, 3.8) is 0 Å². The van der Waals surface area contributed by atoms with Crippen LogP contribution in [0.5, 0.6) is 0 Å². The van der Waals surface area contributed by atoms with Gasteiger partial charge in [0, 0.05) is 36.3 Å². The second-order valence-electron chi connectivity index (χ2n) is 17.1. The van der Waals surface area contributed by atoms with Crippen LogP contribution in [0.1, 0.15) is 0 Å². The summed E-state index contributed by atoms with van der Waals surface area (Å²) in [5.41, 5.74) is 6.86. The van der Waals surface area contributed by atoms with Crippen LogP contribution in [0.15, 0.2) is 199 Å². The van der Waals surface area contributed by atoms with Gasteiger partial charge in [-0.3, -0.25) is 0 Å². The molecule has 0 aliphatic carbocycles. The van der Waals surface area contributed by atoms with Gasteiger partial charge in [-0.1, -0.05) is 146 Å². The van der Waals surface area contributed by atoms with Crippen molar-refractivity contribution in [1.82, 2.24) is 0 Å². The normalized spacial score (nSPS) is 12.5. The van der Waals surface area contributed by atoms with E-state index < -0.39 is 0 Å². The van der Waals surface area contributed by atoms with Gasteiger partial charge in [-0.05, 0) is 152 Å². The van der Waals surface area contributed by atoms with Crippen LogP contribution in [0, 0.1) is 0 Å². The number of rotatable bonds is 2. The second-order valence-corrected chi connectivity index (χ2v) is 18.2. The molecule has 13 aromatic carbocycles. The maximum atomic E-state index is 6.66. The van der Waals surface area contributed by atoms with Crippen molar-refractivity contribution in [1.29, 1.82) is 0 Å². The number of furan rings is 1. The van der Waals surface area contributed by atoms with Gasteiger partial charge in [0.05, 0.1) is 0 Å². The Bertz CT molecular complexity index is 4400. The zero-order valence-corrected chi connectivity index (χ0v) is 34.1. The molecule has 0 fully saturated rings. The van der Waals surface area contributed by atoms with Crippen LogP contribution >= 0.6 is 11.3 Å². The Morgan fingerprint density at radius 2 is 0.790 bits per heavy atom. The van der Waals surface area contributed by atoms with E-state index in [9.17, 15) is 0 Å². The van der Waals surface area contributed by atoms with Crippen molar-refractivity contribution < 1.29 is 4.42 Å². The first-order valence-electron chi connectivity index (χ1n) is 21.4. The van der Waals surface area contributed by atoms with Crippen molar-refractivity contribution in [3.8, 4) is 22.3 Å². The van der Waals surface area contributed by atoms with Crippen LogP contribution in [-0.4, -0.2) is 0 Å². The van der Waals surface area contributed by atoms with Crippen molar-refractivity contribution in [2.75, 3.05) is 0 Å². The van der Waals surface area contributed by atoms with E-state index in [1.54, 1.807) is 0 Å². The van der Waals surface area contributed by atoms with E-state index in [1.807, 2.05) is 11.3 Å². The Morgan fingerprint density at radius 1 is 0.274 bits per heavy atom. The quantitative estimate of drug-likeness (QED) is 0.125. The molecule has 1 nitrogen and oxygen atoms in total. The molecule has 0 bridgehead atoms. The summed E-state index contributed by atoms with van der Waals surface area (Å²) in [5.74, 6) is 0. The van der Waals surface area contributed by atoms with E-state index in [1.165, 1.54) is 123 Å². The van der Waals surface area contributed by atoms with Crippen molar-refractivity contribution >= 4 is 140 Å². The van der Waals surface area contributed by atoms with Crippen LogP contribution in [0.25, 0.3) is 151 Å². The average Bonchev–Trinajstić information content (AvgIpc) is 3.90. The molecule has 2 heteroatoms. The molecule has 0 aliphatic heterocycles. The van der Waals surface area contributed by atoms with E-state index in [0.717, 1.165) is 27.3 Å². The Balaban J connectivity index is 0.907. The van der Waals surface area contributed by atoms with Crippen LogP contribution in [0.2, 0.25) is 0 Å². The monoisotopic (exact) mass is 800 g/mol. The van der Waals surface area contributed by atoms with Gasteiger partial charge in [-0.25, -0.2) is 0 Å². The molecule has 0 saturated heterocycles. The third kappa shape index (κ3) is 4.36. The highest BCUT2D eigenvalue weighted by molar-refractivity contribution is 7.25. The first-order chi connectivity index (χ1) is 30.7. The number of thiophene rings is 1. The standard InChI is InChI=1S/C60H32OS/c1-2-11-39-33(8-1)18-23-48-52-31-50-42-22-19-35(28-49(42)40-12-3-4-13-41(40)51(50)32-55(52)61-60(39)48)36-20-26-56-53(29-36)54-30-37(21-27-57(54)62-56)38-24-25-47-45-15-6-10-34-9-5-14-44(58(34)45)46-17-7-16-43(38)59(46)47/h1-32H. The molecule has 0 aliphatic rings. The lowest BCUT2D eigenvalue weighted by Gasteiger charge is -2.16. The van der Waals surface area contributed by atoms with Crippen molar-refractivity contribution in [3.05, 3.63) is 194 Å². The lowest BCUT2D eigenvalue weighted by molar-refractivity contribution is 0.673. The van der Waals surface area contributed by atoms with Crippen LogP contribution in [-0.2, 0) is 0 Å². The van der Waals surface area contributed by atoms with Crippen LogP contribution < -0.4 is 0 Å². The fourth-order valence-electron chi connectivity index (χ4n) is 11.2. The van der Waals surface area contributed by atoms with Crippen molar-refractivity contribution in [2.24, 2.45) is 0 Å². The number of hydrogen-bond acceptors (Lipinski definition) is 2. The highest BCUT2D eigenvalue weighted by atomic mass is 32.1. The van der Waals surface area contributed by atoms with Gasteiger partial charge >= 0.3 is 0 Å². The third-order valence-corrected chi connectivity index (χ3v) is 15.1. The van der Waals surface area contributed by atoms with Gasteiger partial charge in [0.1, 0.15) is 11.2 Å². The minimum absolute atomic E-state index is 0.928. The van der Waals surface area contributed by atoms with E-state index in [0.29, 0.717) is 0 Å². The SMILES string of the molecule is c1ccc2c(c1)ccc1c3cc4c5ccc(-c6ccc7sc8ccc(-c9ccc%10c%11cccc%12cccc(c%13cccc9c%13%10)c%12%11)cc8c7c6)cc5c5ccccc5c4cc3oc21. The second kappa shape index (κ2) is 11.9. The first kappa shape index (κ1) is 33.0. The molecule has 284 valence electrons. The molecule has 0 amide bonds. The van der Waals surface area contributed by atoms with Gasteiger partial charge in [-0.15, -0.1) is 11.3 Å². The Hall–Kier alpha value is -7.78.